The number of carbonyl (C=O) groups excluding carboxylic acids is 3. The van der Waals surface area contributed by atoms with Crippen molar-refractivity contribution in [1.82, 2.24) is 4.90 Å². The van der Waals surface area contributed by atoms with Crippen molar-refractivity contribution in [2.75, 3.05) is 6.54 Å². The summed E-state index contributed by atoms with van der Waals surface area (Å²) in [5.41, 5.74) is 1.10. The van der Waals surface area contributed by atoms with Crippen LogP contribution in [0, 0.1) is 5.82 Å². The maximum absolute atomic E-state index is 13.1. The van der Waals surface area contributed by atoms with Gasteiger partial charge in [0.2, 0.25) is 0 Å². The molecule has 0 radical (unpaired) electrons. The molecule has 8 heteroatoms. The first kappa shape index (κ1) is 20.3. The van der Waals surface area contributed by atoms with E-state index in [-0.39, 0.29) is 23.1 Å². The smallest absolute Gasteiger partial charge is 0.293 e. The summed E-state index contributed by atoms with van der Waals surface area (Å²) in [6, 6.07) is 15.9. The molecule has 0 atom stereocenters. The third-order valence-corrected chi connectivity index (χ3v) is 5.81. The van der Waals surface area contributed by atoms with E-state index in [1.54, 1.807) is 48.5 Å². The fourth-order valence-corrected chi connectivity index (χ4v) is 3.92. The maximum atomic E-state index is 13.1. The number of Topliss-reactive ketones (excluding diaryl/α,β-unsaturated/α-hetero) is 1. The molecule has 2 heterocycles. The Kier molecular flexibility index (Phi) is 5.69. The number of hydrogen-bond acceptors (Lipinski definition) is 5. The normalized spacial score (nSPS) is 15.3. The molecular formula is C22H13BrFNO4S. The Morgan fingerprint density at radius 2 is 1.73 bits per heavy atom. The van der Waals surface area contributed by atoms with Crippen molar-refractivity contribution < 1.29 is 23.2 Å². The molecule has 150 valence electrons. The zero-order chi connectivity index (χ0) is 21.3. The van der Waals surface area contributed by atoms with Gasteiger partial charge in [-0.05, 0) is 60.3 Å². The van der Waals surface area contributed by atoms with Gasteiger partial charge in [-0.1, -0.05) is 28.1 Å². The molecule has 2 aromatic carbocycles. The molecule has 1 aliphatic rings. The molecule has 0 saturated carbocycles. The molecule has 1 fully saturated rings. The molecule has 1 saturated heterocycles. The van der Waals surface area contributed by atoms with Crippen molar-refractivity contribution in [2.45, 2.75) is 0 Å². The van der Waals surface area contributed by atoms with Crippen LogP contribution in [-0.2, 0) is 4.79 Å². The monoisotopic (exact) mass is 485 g/mol. The van der Waals surface area contributed by atoms with Crippen molar-refractivity contribution in [3.63, 3.8) is 0 Å². The van der Waals surface area contributed by atoms with Gasteiger partial charge in [-0.2, -0.15) is 0 Å². The fraction of sp³-hybridized carbons (Fsp3) is 0.0455. The lowest BCUT2D eigenvalue weighted by atomic mass is 10.1. The third-order valence-electron chi connectivity index (χ3n) is 4.37. The second kappa shape index (κ2) is 8.41. The number of ketones is 1. The molecule has 0 spiro atoms. The van der Waals surface area contributed by atoms with Crippen LogP contribution in [0.2, 0.25) is 0 Å². The van der Waals surface area contributed by atoms with Crippen LogP contribution in [0.5, 0.6) is 0 Å². The summed E-state index contributed by atoms with van der Waals surface area (Å²) in [7, 11) is 0. The first-order valence-corrected chi connectivity index (χ1v) is 10.4. The van der Waals surface area contributed by atoms with E-state index in [9.17, 15) is 18.8 Å². The average Bonchev–Trinajstić information content (AvgIpc) is 3.29. The molecule has 4 rings (SSSR count). The number of amides is 2. The molecular weight excluding hydrogens is 473 g/mol. The highest BCUT2D eigenvalue weighted by molar-refractivity contribution is 9.10. The lowest BCUT2D eigenvalue weighted by Gasteiger charge is -2.11. The van der Waals surface area contributed by atoms with Gasteiger partial charge in [-0.15, -0.1) is 0 Å². The highest BCUT2D eigenvalue weighted by atomic mass is 79.9. The van der Waals surface area contributed by atoms with E-state index >= 15 is 0 Å². The van der Waals surface area contributed by atoms with Gasteiger partial charge < -0.3 is 4.42 Å². The van der Waals surface area contributed by atoms with E-state index < -0.39 is 11.1 Å². The number of benzene rings is 2. The first-order valence-electron chi connectivity index (χ1n) is 8.80. The van der Waals surface area contributed by atoms with Crippen molar-refractivity contribution in [3.05, 3.63) is 87.2 Å². The standard InChI is InChI=1S/C22H13BrFNO4S/c23-15-5-1-13(2-6-15)18(26)12-25-21(27)20(30-22(25)28)11-17-9-10-19(29-17)14-3-7-16(24)8-4-14/h1-11H,12H2/b20-11-. The van der Waals surface area contributed by atoms with Gasteiger partial charge in [0.15, 0.2) is 5.78 Å². The molecule has 5 nitrogen and oxygen atoms in total. The molecule has 0 aliphatic carbocycles. The Bertz CT molecular complexity index is 1170. The lowest BCUT2D eigenvalue weighted by Crippen LogP contribution is -2.33. The average molecular weight is 486 g/mol. The van der Waals surface area contributed by atoms with Gasteiger partial charge >= 0.3 is 0 Å². The van der Waals surface area contributed by atoms with Crippen LogP contribution < -0.4 is 0 Å². The zero-order valence-electron chi connectivity index (χ0n) is 15.3. The second-order valence-electron chi connectivity index (χ2n) is 6.41. The predicted molar refractivity (Wildman–Crippen MR) is 115 cm³/mol. The molecule has 2 amide bonds. The van der Waals surface area contributed by atoms with Crippen molar-refractivity contribution >= 4 is 50.7 Å². The minimum absolute atomic E-state index is 0.170. The van der Waals surface area contributed by atoms with Crippen molar-refractivity contribution in [3.8, 4) is 11.3 Å². The number of carbonyl (C=O) groups is 3. The minimum Gasteiger partial charge on any atom is -0.457 e. The summed E-state index contributed by atoms with van der Waals surface area (Å²) in [6.45, 7) is -0.331. The fourth-order valence-electron chi connectivity index (χ4n) is 2.84. The predicted octanol–water partition coefficient (Wildman–Crippen LogP) is 5.77. The Morgan fingerprint density at radius 1 is 1.03 bits per heavy atom. The Hall–Kier alpha value is -2.97. The van der Waals surface area contributed by atoms with E-state index in [0.29, 0.717) is 22.6 Å². The van der Waals surface area contributed by atoms with Crippen LogP contribution in [0.15, 0.2) is 74.5 Å². The van der Waals surface area contributed by atoms with Crippen LogP contribution in [0.4, 0.5) is 9.18 Å². The second-order valence-corrected chi connectivity index (χ2v) is 8.32. The number of furan rings is 1. The summed E-state index contributed by atoms with van der Waals surface area (Å²) in [4.78, 5) is 38.4. The topological polar surface area (TPSA) is 67.6 Å². The Balaban J connectivity index is 1.49. The van der Waals surface area contributed by atoms with Crippen LogP contribution in [0.25, 0.3) is 17.4 Å². The van der Waals surface area contributed by atoms with Crippen molar-refractivity contribution in [2.24, 2.45) is 0 Å². The summed E-state index contributed by atoms with van der Waals surface area (Å²) in [5.74, 6) is -0.348. The van der Waals surface area contributed by atoms with Crippen LogP contribution in [-0.4, -0.2) is 28.4 Å². The maximum Gasteiger partial charge on any atom is 0.293 e. The van der Waals surface area contributed by atoms with E-state index in [0.717, 1.165) is 21.1 Å². The quantitative estimate of drug-likeness (QED) is 0.339. The number of hydrogen-bond donors (Lipinski definition) is 0. The van der Waals surface area contributed by atoms with Crippen LogP contribution >= 0.6 is 27.7 Å². The van der Waals surface area contributed by atoms with E-state index in [4.69, 9.17) is 4.42 Å². The summed E-state index contributed by atoms with van der Waals surface area (Å²) >= 11 is 4.05. The van der Waals surface area contributed by atoms with Crippen molar-refractivity contribution in [1.29, 1.82) is 0 Å². The number of halogens is 2. The SMILES string of the molecule is O=C(CN1C(=O)S/C(=C\c2ccc(-c3ccc(F)cc3)o2)C1=O)c1ccc(Br)cc1. The molecule has 0 unspecified atom stereocenters. The summed E-state index contributed by atoms with van der Waals surface area (Å²) < 4.78 is 19.6. The van der Waals surface area contributed by atoms with Gasteiger partial charge in [0, 0.05) is 21.7 Å². The summed E-state index contributed by atoms with van der Waals surface area (Å²) in [6.07, 6.45) is 1.46. The molecule has 1 aliphatic heterocycles. The Labute approximate surface area is 183 Å². The van der Waals surface area contributed by atoms with Gasteiger partial charge in [0.25, 0.3) is 11.1 Å². The number of thioether (sulfide) groups is 1. The zero-order valence-corrected chi connectivity index (χ0v) is 17.7. The van der Waals surface area contributed by atoms with E-state index in [1.807, 2.05) is 0 Å². The Morgan fingerprint density at radius 3 is 2.43 bits per heavy atom. The van der Waals surface area contributed by atoms with E-state index in [1.165, 1.54) is 18.2 Å². The molecule has 3 aromatic rings. The van der Waals surface area contributed by atoms with Gasteiger partial charge in [-0.3, -0.25) is 19.3 Å². The van der Waals surface area contributed by atoms with Crippen LogP contribution in [0.3, 0.4) is 0 Å². The minimum atomic E-state index is -0.546. The van der Waals surface area contributed by atoms with Gasteiger partial charge in [0.05, 0.1) is 11.4 Å². The molecule has 0 bridgehead atoms. The van der Waals surface area contributed by atoms with E-state index in [2.05, 4.69) is 15.9 Å². The molecule has 1 aromatic heterocycles. The largest absolute Gasteiger partial charge is 0.457 e. The van der Waals surface area contributed by atoms with Crippen LogP contribution in [0.1, 0.15) is 16.1 Å². The molecule has 30 heavy (non-hydrogen) atoms. The highest BCUT2D eigenvalue weighted by Crippen LogP contribution is 2.33. The lowest BCUT2D eigenvalue weighted by molar-refractivity contribution is -0.122. The number of nitrogens with zero attached hydrogens (tertiary/aromatic N) is 1. The first-order chi connectivity index (χ1) is 14.4. The third kappa shape index (κ3) is 4.29. The van der Waals surface area contributed by atoms with Gasteiger partial charge in [-0.25, -0.2) is 4.39 Å². The highest BCUT2D eigenvalue weighted by Gasteiger charge is 2.36. The summed E-state index contributed by atoms with van der Waals surface area (Å²) in [5, 5.41) is -0.512. The number of imide groups is 1. The molecule has 0 N–H and O–H groups in total. The van der Waals surface area contributed by atoms with Gasteiger partial charge in [0.1, 0.15) is 17.3 Å². The number of rotatable bonds is 5.